The molecule has 0 radical (unpaired) electrons. The summed E-state index contributed by atoms with van der Waals surface area (Å²) in [5, 5.41) is 11.4. The number of nitrogens with zero attached hydrogens (tertiary/aromatic N) is 4. The summed E-state index contributed by atoms with van der Waals surface area (Å²) >= 11 is 7.23. The molecule has 0 bridgehead atoms. The fourth-order valence-corrected chi connectivity index (χ4v) is 2.73. The van der Waals surface area contributed by atoms with Crippen molar-refractivity contribution < 1.29 is 4.79 Å². The zero-order chi connectivity index (χ0) is 14.1. The van der Waals surface area contributed by atoms with Crippen molar-refractivity contribution in [3.05, 3.63) is 40.4 Å². The van der Waals surface area contributed by atoms with Crippen LogP contribution >= 0.6 is 22.9 Å². The second-order valence-corrected chi connectivity index (χ2v) is 5.64. The van der Waals surface area contributed by atoms with Gasteiger partial charge in [0, 0.05) is 12.1 Å². The van der Waals surface area contributed by atoms with Crippen molar-refractivity contribution in [2.75, 3.05) is 0 Å². The Morgan fingerprint density at radius 3 is 3.10 bits per heavy atom. The second kappa shape index (κ2) is 5.18. The van der Waals surface area contributed by atoms with Crippen LogP contribution in [-0.4, -0.2) is 25.7 Å². The lowest BCUT2D eigenvalue weighted by molar-refractivity contribution is 0.0949. The van der Waals surface area contributed by atoms with Crippen LogP contribution in [0, 0.1) is 0 Å². The minimum atomic E-state index is -0.231. The van der Waals surface area contributed by atoms with Gasteiger partial charge in [-0.1, -0.05) is 11.6 Å². The van der Waals surface area contributed by atoms with Crippen molar-refractivity contribution in [3.8, 4) is 0 Å². The summed E-state index contributed by atoms with van der Waals surface area (Å²) in [4.78, 5) is 16.3. The van der Waals surface area contributed by atoms with E-state index in [-0.39, 0.29) is 5.91 Å². The molecule has 2 aromatic heterocycles. The lowest BCUT2D eigenvalue weighted by Gasteiger charge is -2.01. The van der Waals surface area contributed by atoms with Crippen LogP contribution in [0.25, 0.3) is 10.2 Å². The molecular weight excluding hydrogens is 298 g/mol. The first-order valence-corrected chi connectivity index (χ1v) is 7.00. The molecule has 102 valence electrons. The highest BCUT2D eigenvalue weighted by Gasteiger charge is 2.13. The zero-order valence-corrected chi connectivity index (χ0v) is 12.1. The van der Waals surface area contributed by atoms with Gasteiger partial charge in [0.2, 0.25) is 0 Å². The molecule has 2 heterocycles. The van der Waals surface area contributed by atoms with Gasteiger partial charge in [0.15, 0.2) is 10.8 Å². The summed E-state index contributed by atoms with van der Waals surface area (Å²) in [5.41, 5.74) is 0.728. The SMILES string of the molecule is Cn1cnnc1CNC(=O)c1nc2cc(Cl)ccc2s1. The number of hydrogen-bond donors (Lipinski definition) is 1. The minimum absolute atomic E-state index is 0.231. The summed E-state index contributed by atoms with van der Waals surface area (Å²) in [7, 11) is 1.82. The standard InChI is InChI=1S/C12H10ClN5OS/c1-18-6-15-17-10(18)5-14-11(19)12-16-8-4-7(13)2-3-9(8)20-12/h2-4,6H,5H2,1H3,(H,14,19). The van der Waals surface area contributed by atoms with Crippen LogP contribution in [0.1, 0.15) is 15.6 Å². The highest BCUT2D eigenvalue weighted by atomic mass is 35.5. The maximum absolute atomic E-state index is 12.1. The van der Waals surface area contributed by atoms with Crippen LogP contribution in [0.3, 0.4) is 0 Å². The van der Waals surface area contributed by atoms with Gasteiger partial charge in [-0.2, -0.15) is 0 Å². The Morgan fingerprint density at radius 1 is 1.50 bits per heavy atom. The number of halogens is 1. The van der Waals surface area contributed by atoms with Gasteiger partial charge in [-0.15, -0.1) is 21.5 Å². The molecule has 1 N–H and O–H groups in total. The Balaban J connectivity index is 1.77. The van der Waals surface area contributed by atoms with Crippen molar-refractivity contribution in [2.24, 2.45) is 7.05 Å². The minimum Gasteiger partial charge on any atom is -0.343 e. The van der Waals surface area contributed by atoms with E-state index in [0.29, 0.717) is 22.4 Å². The monoisotopic (exact) mass is 307 g/mol. The number of carbonyl (C=O) groups excluding carboxylic acids is 1. The van der Waals surface area contributed by atoms with Crippen LogP contribution < -0.4 is 5.32 Å². The first kappa shape index (κ1) is 13.0. The van der Waals surface area contributed by atoms with Crippen molar-refractivity contribution in [1.29, 1.82) is 0 Å². The smallest absolute Gasteiger partial charge is 0.280 e. The first-order chi connectivity index (χ1) is 9.63. The third-order valence-corrected chi connectivity index (χ3v) is 4.03. The molecule has 0 aliphatic heterocycles. The number of aromatic nitrogens is 4. The Bertz CT molecular complexity index is 781. The third-order valence-electron chi connectivity index (χ3n) is 2.76. The predicted molar refractivity (Wildman–Crippen MR) is 76.8 cm³/mol. The van der Waals surface area contributed by atoms with Gasteiger partial charge in [-0.3, -0.25) is 4.79 Å². The molecule has 8 heteroatoms. The van der Waals surface area contributed by atoms with E-state index in [2.05, 4.69) is 20.5 Å². The molecule has 20 heavy (non-hydrogen) atoms. The Kier molecular flexibility index (Phi) is 3.37. The molecule has 0 spiro atoms. The molecule has 6 nitrogen and oxygen atoms in total. The van der Waals surface area contributed by atoms with Crippen molar-refractivity contribution in [1.82, 2.24) is 25.1 Å². The first-order valence-electron chi connectivity index (χ1n) is 5.80. The number of benzene rings is 1. The Hall–Kier alpha value is -1.99. The van der Waals surface area contributed by atoms with Gasteiger partial charge in [-0.25, -0.2) is 4.98 Å². The number of fused-ring (bicyclic) bond motifs is 1. The average Bonchev–Trinajstić information content (AvgIpc) is 3.01. The number of carbonyl (C=O) groups is 1. The molecule has 3 aromatic rings. The van der Waals surface area contributed by atoms with E-state index in [9.17, 15) is 4.79 Å². The van der Waals surface area contributed by atoms with E-state index in [4.69, 9.17) is 11.6 Å². The van der Waals surface area contributed by atoms with E-state index in [0.717, 1.165) is 10.2 Å². The number of nitrogens with one attached hydrogen (secondary N) is 1. The molecule has 0 aliphatic rings. The number of amides is 1. The van der Waals surface area contributed by atoms with E-state index in [1.54, 1.807) is 23.0 Å². The normalized spacial score (nSPS) is 10.9. The molecule has 1 aromatic carbocycles. The molecular formula is C12H10ClN5OS. The predicted octanol–water partition coefficient (Wildman–Crippen LogP) is 2.01. The lowest BCUT2D eigenvalue weighted by Crippen LogP contribution is -2.24. The van der Waals surface area contributed by atoms with E-state index >= 15 is 0 Å². The van der Waals surface area contributed by atoms with Crippen LogP contribution in [0.2, 0.25) is 5.02 Å². The lowest BCUT2D eigenvalue weighted by atomic mass is 10.3. The second-order valence-electron chi connectivity index (χ2n) is 4.17. The molecule has 1 amide bonds. The zero-order valence-electron chi connectivity index (χ0n) is 10.5. The molecule has 0 fully saturated rings. The quantitative estimate of drug-likeness (QED) is 0.803. The van der Waals surface area contributed by atoms with Gasteiger partial charge < -0.3 is 9.88 Å². The highest BCUT2D eigenvalue weighted by Crippen LogP contribution is 2.24. The summed E-state index contributed by atoms with van der Waals surface area (Å²) in [6, 6.07) is 5.38. The largest absolute Gasteiger partial charge is 0.343 e. The van der Waals surface area contributed by atoms with Gasteiger partial charge in [0.1, 0.15) is 6.33 Å². The Morgan fingerprint density at radius 2 is 2.35 bits per heavy atom. The van der Waals surface area contributed by atoms with E-state index in [1.165, 1.54) is 11.3 Å². The highest BCUT2D eigenvalue weighted by molar-refractivity contribution is 7.20. The van der Waals surface area contributed by atoms with Gasteiger partial charge in [0.25, 0.3) is 5.91 Å². The molecule has 0 atom stereocenters. The fourth-order valence-electron chi connectivity index (χ4n) is 1.70. The molecule has 0 aliphatic carbocycles. The Labute approximate surface area is 123 Å². The molecule has 0 saturated heterocycles. The van der Waals surface area contributed by atoms with Gasteiger partial charge in [-0.05, 0) is 18.2 Å². The topological polar surface area (TPSA) is 72.7 Å². The summed E-state index contributed by atoms with van der Waals surface area (Å²) in [6.45, 7) is 0.312. The number of hydrogen-bond acceptors (Lipinski definition) is 5. The van der Waals surface area contributed by atoms with Crippen LogP contribution in [0.5, 0.6) is 0 Å². The van der Waals surface area contributed by atoms with Crippen molar-refractivity contribution in [2.45, 2.75) is 6.54 Å². The molecule has 0 unspecified atom stereocenters. The molecule has 3 rings (SSSR count). The number of rotatable bonds is 3. The molecule has 0 saturated carbocycles. The van der Waals surface area contributed by atoms with Gasteiger partial charge in [0.05, 0.1) is 16.8 Å². The van der Waals surface area contributed by atoms with E-state index in [1.807, 2.05) is 13.1 Å². The fraction of sp³-hybridized carbons (Fsp3) is 0.167. The van der Waals surface area contributed by atoms with Gasteiger partial charge >= 0.3 is 0 Å². The average molecular weight is 308 g/mol. The number of aryl methyl sites for hydroxylation is 1. The summed E-state index contributed by atoms with van der Waals surface area (Å²) in [6.07, 6.45) is 1.58. The van der Waals surface area contributed by atoms with Crippen molar-refractivity contribution >= 4 is 39.1 Å². The summed E-state index contributed by atoms with van der Waals surface area (Å²) < 4.78 is 2.68. The summed E-state index contributed by atoms with van der Waals surface area (Å²) in [5.74, 6) is 0.452. The van der Waals surface area contributed by atoms with Crippen LogP contribution in [0.15, 0.2) is 24.5 Å². The van der Waals surface area contributed by atoms with E-state index < -0.39 is 0 Å². The third kappa shape index (κ3) is 2.50. The van der Waals surface area contributed by atoms with Crippen LogP contribution in [-0.2, 0) is 13.6 Å². The van der Waals surface area contributed by atoms with Crippen LogP contribution in [0.4, 0.5) is 0 Å². The maximum Gasteiger partial charge on any atom is 0.280 e. The number of thiazole rings is 1. The maximum atomic E-state index is 12.1. The van der Waals surface area contributed by atoms with Crippen molar-refractivity contribution in [3.63, 3.8) is 0 Å².